The highest BCUT2D eigenvalue weighted by molar-refractivity contribution is 6.30. The zero-order valence-corrected chi connectivity index (χ0v) is 17.1. The maximum absolute atomic E-state index is 6.14. The Morgan fingerprint density at radius 1 is 1.00 bits per heavy atom. The molecule has 0 radical (unpaired) electrons. The molecule has 1 heterocycles. The van der Waals surface area contributed by atoms with Gasteiger partial charge in [-0.2, -0.15) is 0 Å². The van der Waals surface area contributed by atoms with E-state index in [1.165, 1.54) is 19.3 Å². The minimum absolute atomic E-state index is 0.163. The molecule has 0 atom stereocenters. The molecule has 0 amide bonds. The Kier molecular flexibility index (Phi) is 5.36. The summed E-state index contributed by atoms with van der Waals surface area (Å²) < 4.78 is 11.0. The van der Waals surface area contributed by atoms with E-state index in [1.54, 1.807) is 14.2 Å². The number of ether oxygens (including phenoxy) is 2. The molecule has 0 bridgehead atoms. The van der Waals surface area contributed by atoms with Crippen molar-refractivity contribution < 1.29 is 9.47 Å². The lowest BCUT2D eigenvalue weighted by Gasteiger charge is -2.44. The highest BCUT2D eigenvalue weighted by Gasteiger charge is 2.41. The average molecular weight is 400 g/mol. The van der Waals surface area contributed by atoms with Crippen LogP contribution in [0, 0.1) is 0 Å². The predicted molar refractivity (Wildman–Crippen MR) is 115 cm³/mol. The number of halogens is 1. The van der Waals surface area contributed by atoms with Gasteiger partial charge >= 0.3 is 0 Å². The second kappa shape index (κ2) is 7.92. The third-order valence-electron chi connectivity index (χ3n) is 5.62. The van der Waals surface area contributed by atoms with Crippen LogP contribution in [0.1, 0.15) is 37.7 Å². The van der Waals surface area contributed by atoms with E-state index in [0.717, 1.165) is 46.4 Å². The van der Waals surface area contributed by atoms with E-state index in [4.69, 9.17) is 26.1 Å². The van der Waals surface area contributed by atoms with Gasteiger partial charge in [-0.15, -0.1) is 0 Å². The molecular weight excluding hydrogens is 374 g/mol. The summed E-state index contributed by atoms with van der Waals surface area (Å²) >= 11 is 6.14. The van der Waals surface area contributed by atoms with Gasteiger partial charge in [0.05, 0.1) is 37.7 Å². The van der Waals surface area contributed by atoms with Gasteiger partial charge in [0, 0.05) is 17.2 Å². The molecule has 1 saturated carbocycles. The Morgan fingerprint density at radius 3 is 2.39 bits per heavy atom. The number of anilines is 2. The number of aliphatic imine (C=N–C) groups is 1. The Labute approximate surface area is 171 Å². The van der Waals surface area contributed by atoms with Gasteiger partial charge in [0.15, 0.2) is 11.5 Å². The number of hydrogen-bond donors (Lipinski definition) is 2. The Morgan fingerprint density at radius 2 is 1.71 bits per heavy atom. The molecule has 2 aliphatic rings. The third-order valence-corrected chi connectivity index (χ3v) is 5.85. The number of benzene rings is 2. The van der Waals surface area contributed by atoms with Crippen LogP contribution in [0.25, 0.3) is 0 Å². The van der Waals surface area contributed by atoms with Crippen molar-refractivity contribution in [3.8, 4) is 11.5 Å². The minimum atomic E-state index is -0.163. The van der Waals surface area contributed by atoms with Gasteiger partial charge in [-0.3, -0.25) is 4.99 Å². The fourth-order valence-electron chi connectivity index (χ4n) is 4.16. The van der Waals surface area contributed by atoms with E-state index < -0.39 is 0 Å². The fraction of sp³-hybridized carbons (Fsp3) is 0.409. The largest absolute Gasteiger partial charge is 0.493 e. The standard InChI is InChI=1S/C22H26ClN3O2/c1-27-19-12-17-18(13-20(19)28-2)26-22(9-4-3-5-10-22)21(25-17)24-14-15-7-6-8-16(23)11-15/h6-8,11-13,26H,3-5,9-10,14H2,1-2H3,(H,24,25). The van der Waals surface area contributed by atoms with Gasteiger partial charge in [-0.1, -0.05) is 43.0 Å². The summed E-state index contributed by atoms with van der Waals surface area (Å²) in [5.41, 5.74) is 2.93. The molecule has 2 aromatic rings. The number of hydrogen-bond acceptors (Lipinski definition) is 4. The van der Waals surface area contributed by atoms with Crippen molar-refractivity contribution in [2.75, 3.05) is 24.9 Å². The Bertz CT molecular complexity index is 891. The van der Waals surface area contributed by atoms with Crippen LogP contribution in [0.3, 0.4) is 0 Å². The number of nitrogens with one attached hydrogen (secondary N) is 2. The molecule has 2 aromatic carbocycles. The van der Waals surface area contributed by atoms with Gasteiger partial charge in [0.2, 0.25) is 0 Å². The van der Waals surface area contributed by atoms with Crippen molar-refractivity contribution >= 4 is 28.8 Å². The van der Waals surface area contributed by atoms with Gasteiger partial charge in [0.1, 0.15) is 5.84 Å². The number of fused-ring (bicyclic) bond motifs is 1. The second-order valence-electron chi connectivity index (χ2n) is 7.44. The van der Waals surface area contributed by atoms with Crippen molar-refractivity contribution in [3.05, 3.63) is 47.0 Å². The highest BCUT2D eigenvalue weighted by atomic mass is 35.5. The normalized spacial score (nSPS) is 18.9. The molecule has 0 saturated heterocycles. The Balaban J connectivity index is 1.70. The first-order chi connectivity index (χ1) is 13.6. The van der Waals surface area contributed by atoms with Crippen molar-refractivity contribution in [3.63, 3.8) is 0 Å². The van der Waals surface area contributed by atoms with Crippen molar-refractivity contribution in [2.24, 2.45) is 4.99 Å². The molecule has 28 heavy (non-hydrogen) atoms. The summed E-state index contributed by atoms with van der Waals surface area (Å²) in [6.07, 6.45) is 5.76. The third kappa shape index (κ3) is 3.63. The van der Waals surface area contributed by atoms with Crippen LogP contribution >= 0.6 is 11.6 Å². The zero-order valence-electron chi connectivity index (χ0n) is 16.3. The molecule has 2 N–H and O–H groups in total. The highest BCUT2D eigenvalue weighted by Crippen LogP contribution is 2.44. The van der Waals surface area contributed by atoms with E-state index in [1.807, 2.05) is 30.3 Å². The van der Waals surface area contributed by atoms with Crippen LogP contribution in [-0.4, -0.2) is 25.6 Å². The number of rotatable bonds is 4. The van der Waals surface area contributed by atoms with Crippen LogP contribution in [-0.2, 0) is 6.54 Å². The molecule has 1 spiro atoms. The van der Waals surface area contributed by atoms with E-state index in [0.29, 0.717) is 12.3 Å². The summed E-state index contributed by atoms with van der Waals surface area (Å²) in [7, 11) is 3.31. The van der Waals surface area contributed by atoms with Crippen LogP contribution in [0.5, 0.6) is 11.5 Å². The van der Waals surface area contributed by atoms with Crippen LogP contribution in [0.15, 0.2) is 41.4 Å². The lowest BCUT2D eigenvalue weighted by molar-refractivity contribution is 0.354. The molecular formula is C22H26ClN3O2. The Hall–Kier alpha value is -2.40. The molecule has 6 heteroatoms. The maximum Gasteiger partial charge on any atom is 0.162 e. The van der Waals surface area contributed by atoms with Gasteiger partial charge in [-0.05, 0) is 30.5 Å². The maximum atomic E-state index is 6.14. The molecule has 1 fully saturated rings. The molecule has 5 nitrogen and oxygen atoms in total. The average Bonchev–Trinajstić information content (AvgIpc) is 2.72. The van der Waals surface area contributed by atoms with Crippen molar-refractivity contribution in [2.45, 2.75) is 44.2 Å². The van der Waals surface area contributed by atoms with E-state index in [2.05, 4.69) is 16.7 Å². The van der Waals surface area contributed by atoms with E-state index in [9.17, 15) is 0 Å². The number of nitrogens with zero attached hydrogens (tertiary/aromatic N) is 1. The minimum Gasteiger partial charge on any atom is -0.493 e. The lowest BCUT2D eigenvalue weighted by Crippen LogP contribution is -2.53. The van der Waals surface area contributed by atoms with Gasteiger partial charge in [-0.25, -0.2) is 0 Å². The van der Waals surface area contributed by atoms with Crippen LogP contribution in [0.4, 0.5) is 11.4 Å². The first-order valence-corrected chi connectivity index (χ1v) is 10.1. The summed E-state index contributed by atoms with van der Waals surface area (Å²) in [5, 5.41) is 8.11. The van der Waals surface area contributed by atoms with Crippen molar-refractivity contribution in [1.82, 2.24) is 0 Å². The van der Waals surface area contributed by atoms with Gasteiger partial charge < -0.3 is 20.1 Å². The molecule has 1 aliphatic heterocycles. The van der Waals surface area contributed by atoms with Gasteiger partial charge in [0.25, 0.3) is 0 Å². The van der Waals surface area contributed by atoms with Crippen LogP contribution < -0.4 is 20.1 Å². The summed E-state index contributed by atoms with van der Waals surface area (Å²) in [5.74, 6) is 2.41. The summed E-state index contributed by atoms with van der Waals surface area (Å²) in [4.78, 5) is 4.98. The first kappa shape index (κ1) is 18.9. The molecule has 148 valence electrons. The SMILES string of the molecule is COc1cc2c(cc1OC)NC1(CCCCC1)C(=NCc1cccc(Cl)c1)N2. The number of amidine groups is 1. The second-order valence-corrected chi connectivity index (χ2v) is 7.88. The summed E-state index contributed by atoms with van der Waals surface area (Å²) in [6.45, 7) is 0.592. The quantitative estimate of drug-likeness (QED) is 0.713. The number of methoxy groups -OCH3 is 2. The van der Waals surface area contributed by atoms with E-state index in [-0.39, 0.29) is 5.54 Å². The summed E-state index contributed by atoms with van der Waals surface area (Å²) in [6, 6.07) is 11.8. The van der Waals surface area contributed by atoms with Crippen molar-refractivity contribution in [1.29, 1.82) is 0 Å². The predicted octanol–water partition coefficient (Wildman–Crippen LogP) is 5.50. The smallest absolute Gasteiger partial charge is 0.162 e. The van der Waals surface area contributed by atoms with E-state index >= 15 is 0 Å². The molecule has 0 aromatic heterocycles. The molecule has 0 unspecified atom stereocenters. The molecule has 4 rings (SSSR count). The first-order valence-electron chi connectivity index (χ1n) is 9.74. The lowest BCUT2D eigenvalue weighted by atomic mass is 9.79. The van der Waals surface area contributed by atoms with Crippen LogP contribution in [0.2, 0.25) is 5.02 Å². The fourth-order valence-corrected chi connectivity index (χ4v) is 4.38. The molecule has 1 aliphatic carbocycles. The monoisotopic (exact) mass is 399 g/mol. The zero-order chi connectivity index (χ0) is 19.6. The topological polar surface area (TPSA) is 54.9 Å².